The smallest absolute Gasteiger partial charge is 0.126 e. The largest absolute Gasteiger partial charge is 0.389 e. The first-order valence-electron chi connectivity index (χ1n) is 5.73. The zero-order valence-electron chi connectivity index (χ0n) is 9.90. The maximum atomic E-state index is 5.70. The molecule has 2 rings (SSSR count). The van der Waals surface area contributed by atoms with Crippen molar-refractivity contribution in [3.8, 4) is 0 Å². The van der Waals surface area contributed by atoms with Gasteiger partial charge in [0, 0.05) is 24.9 Å². The minimum absolute atomic E-state index is 0.0824. The molecule has 5 heteroatoms. The van der Waals surface area contributed by atoms with Crippen molar-refractivity contribution in [1.29, 1.82) is 0 Å². The van der Waals surface area contributed by atoms with Crippen molar-refractivity contribution in [2.45, 2.75) is 25.4 Å². The standard InChI is InChI=1S/C12H17N3OS/c1-12(4-2-6-16-12)8-15-10-7-9(11(13)17)3-5-14-10/h3,5,7H,2,4,6,8H2,1H3,(H2,13,17)(H,14,15). The van der Waals surface area contributed by atoms with Crippen molar-refractivity contribution < 1.29 is 4.74 Å². The molecule has 0 aliphatic carbocycles. The molecule has 2 heterocycles. The molecule has 0 saturated carbocycles. The van der Waals surface area contributed by atoms with Crippen molar-refractivity contribution in [1.82, 2.24) is 4.98 Å². The summed E-state index contributed by atoms with van der Waals surface area (Å²) >= 11 is 4.93. The van der Waals surface area contributed by atoms with Crippen LogP contribution in [0.3, 0.4) is 0 Å². The van der Waals surface area contributed by atoms with Gasteiger partial charge in [0.05, 0.1) is 5.60 Å². The lowest BCUT2D eigenvalue weighted by Gasteiger charge is -2.23. The third-order valence-electron chi connectivity index (χ3n) is 2.99. The minimum atomic E-state index is -0.0824. The highest BCUT2D eigenvalue weighted by Crippen LogP contribution is 2.25. The summed E-state index contributed by atoms with van der Waals surface area (Å²) in [6, 6.07) is 3.67. The van der Waals surface area contributed by atoms with E-state index >= 15 is 0 Å². The number of ether oxygens (including phenoxy) is 1. The van der Waals surface area contributed by atoms with Gasteiger partial charge >= 0.3 is 0 Å². The van der Waals surface area contributed by atoms with Gasteiger partial charge < -0.3 is 15.8 Å². The zero-order chi connectivity index (χ0) is 12.3. The van der Waals surface area contributed by atoms with E-state index in [0.717, 1.165) is 37.4 Å². The lowest BCUT2D eigenvalue weighted by Crippen LogP contribution is -2.32. The van der Waals surface area contributed by atoms with Crippen molar-refractivity contribution in [2.75, 3.05) is 18.5 Å². The van der Waals surface area contributed by atoms with Gasteiger partial charge in [-0.3, -0.25) is 0 Å². The van der Waals surface area contributed by atoms with E-state index in [0.29, 0.717) is 4.99 Å². The van der Waals surface area contributed by atoms with Gasteiger partial charge in [-0.25, -0.2) is 4.98 Å². The highest BCUT2D eigenvalue weighted by Gasteiger charge is 2.29. The highest BCUT2D eigenvalue weighted by atomic mass is 32.1. The average Bonchev–Trinajstić information content (AvgIpc) is 2.75. The summed E-state index contributed by atoms with van der Waals surface area (Å²) in [6.45, 7) is 3.71. The molecule has 0 radical (unpaired) electrons. The maximum Gasteiger partial charge on any atom is 0.126 e. The van der Waals surface area contributed by atoms with Crippen LogP contribution >= 0.6 is 12.2 Å². The molecular weight excluding hydrogens is 234 g/mol. The molecular formula is C12H17N3OS. The number of rotatable bonds is 4. The third kappa shape index (κ3) is 3.14. The Morgan fingerprint density at radius 1 is 1.71 bits per heavy atom. The number of thiocarbonyl (C=S) groups is 1. The third-order valence-corrected chi connectivity index (χ3v) is 3.22. The zero-order valence-corrected chi connectivity index (χ0v) is 10.7. The van der Waals surface area contributed by atoms with Crippen molar-refractivity contribution in [2.24, 2.45) is 5.73 Å². The van der Waals surface area contributed by atoms with Crippen LogP contribution < -0.4 is 11.1 Å². The van der Waals surface area contributed by atoms with Crippen LogP contribution in [-0.4, -0.2) is 28.7 Å². The Morgan fingerprint density at radius 2 is 2.53 bits per heavy atom. The first kappa shape index (κ1) is 12.3. The molecule has 0 amide bonds. The van der Waals surface area contributed by atoms with Gasteiger partial charge in [0.25, 0.3) is 0 Å². The molecule has 0 spiro atoms. The number of pyridine rings is 1. The SMILES string of the molecule is CC1(CNc2cc(C(N)=S)ccn2)CCCO1. The number of nitrogens with one attached hydrogen (secondary N) is 1. The minimum Gasteiger partial charge on any atom is -0.389 e. The molecule has 92 valence electrons. The van der Waals surface area contributed by atoms with E-state index in [-0.39, 0.29) is 5.60 Å². The lowest BCUT2D eigenvalue weighted by molar-refractivity contribution is 0.0315. The Bertz CT molecular complexity index is 416. The predicted octanol–water partition coefficient (Wildman–Crippen LogP) is 1.70. The highest BCUT2D eigenvalue weighted by molar-refractivity contribution is 7.80. The molecule has 1 unspecified atom stereocenters. The molecule has 4 nitrogen and oxygen atoms in total. The number of nitrogens with two attached hydrogens (primary N) is 1. The van der Waals surface area contributed by atoms with E-state index in [4.69, 9.17) is 22.7 Å². The predicted molar refractivity (Wildman–Crippen MR) is 72.2 cm³/mol. The second-order valence-corrected chi connectivity index (χ2v) is 4.99. The fraction of sp³-hybridized carbons (Fsp3) is 0.500. The monoisotopic (exact) mass is 251 g/mol. The maximum absolute atomic E-state index is 5.70. The van der Waals surface area contributed by atoms with Gasteiger partial charge in [0.2, 0.25) is 0 Å². The molecule has 0 bridgehead atoms. The Morgan fingerprint density at radius 3 is 3.18 bits per heavy atom. The second kappa shape index (κ2) is 4.98. The molecule has 1 aromatic heterocycles. The summed E-state index contributed by atoms with van der Waals surface area (Å²) in [5.74, 6) is 0.784. The number of hydrogen-bond acceptors (Lipinski definition) is 4. The van der Waals surface area contributed by atoms with Crippen LogP contribution in [0.4, 0.5) is 5.82 Å². The first-order valence-corrected chi connectivity index (χ1v) is 6.14. The molecule has 1 aliphatic rings. The average molecular weight is 251 g/mol. The number of aromatic nitrogens is 1. The van der Waals surface area contributed by atoms with E-state index < -0.39 is 0 Å². The number of hydrogen-bond donors (Lipinski definition) is 2. The van der Waals surface area contributed by atoms with Crippen LogP contribution in [0.1, 0.15) is 25.3 Å². The Labute approximate surface area is 107 Å². The molecule has 1 saturated heterocycles. The normalized spacial score (nSPS) is 23.6. The van der Waals surface area contributed by atoms with Crippen LogP contribution in [0.5, 0.6) is 0 Å². The molecule has 3 N–H and O–H groups in total. The van der Waals surface area contributed by atoms with Crippen LogP contribution in [0, 0.1) is 0 Å². The summed E-state index contributed by atoms with van der Waals surface area (Å²) in [6.07, 6.45) is 3.90. The summed E-state index contributed by atoms with van der Waals surface area (Å²) < 4.78 is 5.70. The van der Waals surface area contributed by atoms with Gasteiger partial charge in [-0.05, 0) is 31.9 Å². The summed E-state index contributed by atoms with van der Waals surface area (Å²) in [7, 11) is 0. The molecule has 1 fully saturated rings. The van der Waals surface area contributed by atoms with Gasteiger partial charge in [-0.1, -0.05) is 12.2 Å². The van der Waals surface area contributed by atoms with Crippen LogP contribution in [0.15, 0.2) is 18.3 Å². The Kier molecular flexibility index (Phi) is 3.59. The second-order valence-electron chi connectivity index (χ2n) is 4.55. The molecule has 1 aliphatic heterocycles. The van der Waals surface area contributed by atoms with Gasteiger partial charge in [-0.15, -0.1) is 0 Å². The molecule has 1 atom stereocenters. The molecule has 0 aromatic carbocycles. The van der Waals surface area contributed by atoms with Crippen LogP contribution in [0.25, 0.3) is 0 Å². The van der Waals surface area contributed by atoms with Gasteiger partial charge in [-0.2, -0.15) is 0 Å². The number of nitrogens with zero attached hydrogens (tertiary/aromatic N) is 1. The van der Waals surface area contributed by atoms with Crippen molar-refractivity contribution >= 4 is 23.0 Å². The van der Waals surface area contributed by atoms with E-state index in [1.54, 1.807) is 12.3 Å². The lowest BCUT2D eigenvalue weighted by atomic mass is 10.0. The fourth-order valence-electron chi connectivity index (χ4n) is 1.93. The molecule has 17 heavy (non-hydrogen) atoms. The summed E-state index contributed by atoms with van der Waals surface area (Å²) in [5.41, 5.74) is 6.32. The quantitative estimate of drug-likeness (QED) is 0.798. The number of anilines is 1. The Balaban J connectivity index is 1.99. The molecule has 1 aromatic rings. The van der Waals surface area contributed by atoms with Crippen LogP contribution in [-0.2, 0) is 4.74 Å². The topological polar surface area (TPSA) is 60.2 Å². The summed E-state index contributed by atoms with van der Waals surface area (Å²) in [5, 5.41) is 3.27. The Hall–Kier alpha value is -1.20. The van der Waals surface area contributed by atoms with Crippen molar-refractivity contribution in [3.63, 3.8) is 0 Å². The van der Waals surface area contributed by atoms with Gasteiger partial charge in [0.15, 0.2) is 0 Å². The van der Waals surface area contributed by atoms with Gasteiger partial charge in [0.1, 0.15) is 10.8 Å². The van der Waals surface area contributed by atoms with E-state index in [1.807, 2.05) is 6.07 Å². The first-order chi connectivity index (χ1) is 8.09. The van der Waals surface area contributed by atoms with E-state index in [9.17, 15) is 0 Å². The van der Waals surface area contributed by atoms with E-state index in [2.05, 4.69) is 17.2 Å². The van der Waals surface area contributed by atoms with E-state index in [1.165, 1.54) is 0 Å². The summed E-state index contributed by atoms with van der Waals surface area (Å²) in [4.78, 5) is 4.62. The van der Waals surface area contributed by atoms with Crippen molar-refractivity contribution in [3.05, 3.63) is 23.9 Å². The van der Waals surface area contributed by atoms with Crippen LogP contribution in [0.2, 0.25) is 0 Å². The fourth-order valence-corrected chi connectivity index (χ4v) is 2.06.